The highest BCUT2D eigenvalue weighted by atomic mass is 127. The minimum atomic E-state index is -1.45. The van der Waals surface area contributed by atoms with Crippen LogP contribution in [0.3, 0.4) is 0 Å². The second kappa shape index (κ2) is 4.59. The van der Waals surface area contributed by atoms with Gasteiger partial charge in [0.2, 0.25) is 0 Å². The van der Waals surface area contributed by atoms with Gasteiger partial charge in [-0.15, -0.1) is 0 Å². The third kappa shape index (κ3) is 2.26. The molecule has 0 aliphatic carbocycles. The molecule has 1 unspecified atom stereocenters. The molecule has 0 fully saturated rings. The summed E-state index contributed by atoms with van der Waals surface area (Å²) in [5.74, 6) is -1.23. The smallest absolute Gasteiger partial charge is 0.337 e. The van der Waals surface area contributed by atoms with Gasteiger partial charge >= 0.3 is 5.97 Å². The quantitative estimate of drug-likeness (QED) is 0.786. The Balaban J connectivity index is 3.24. The van der Waals surface area contributed by atoms with Crippen LogP contribution in [0, 0.1) is 10.5 Å². The summed E-state index contributed by atoms with van der Waals surface area (Å²) in [6.45, 7) is 1.79. The highest BCUT2D eigenvalue weighted by molar-refractivity contribution is 14.1. The average molecular weight is 371 g/mol. The summed E-state index contributed by atoms with van der Waals surface area (Å²) >= 11 is 5.43. The molecule has 1 aromatic carbocycles. The van der Waals surface area contributed by atoms with E-state index in [2.05, 4.69) is 38.5 Å². The van der Waals surface area contributed by atoms with Gasteiger partial charge < -0.3 is 10.2 Å². The van der Waals surface area contributed by atoms with Crippen molar-refractivity contribution in [2.24, 2.45) is 0 Å². The number of benzene rings is 1. The van der Waals surface area contributed by atoms with Crippen molar-refractivity contribution in [2.45, 2.75) is 13.0 Å². The van der Waals surface area contributed by atoms with Crippen molar-refractivity contribution in [3.8, 4) is 0 Å². The van der Waals surface area contributed by atoms with Crippen LogP contribution in [0.25, 0.3) is 0 Å². The zero-order valence-corrected chi connectivity index (χ0v) is 11.0. The van der Waals surface area contributed by atoms with Crippen LogP contribution < -0.4 is 0 Å². The first kappa shape index (κ1) is 11.9. The second-order valence-electron chi connectivity index (χ2n) is 2.82. The summed E-state index contributed by atoms with van der Waals surface area (Å²) < 4.78 is 1.82. The fourth-order valence-electron chi connectivity index (χ4n) is 1.10. The molecule has 1 aromatic rings. The minimum absolute atomic E-state index is 0.435. The minimum Gasteiger partial charge on any atom is -0.479 e. The van der Waals surface area contributed by atoms with Gasteiger partial charge in [0.15, 0.2) is 6.10 Å². The summed E-state index contributed by atoms with van der Waals surface area (Å²) in [6.07, 6.45) is -1.45. The van der Waals surface area contributed by atoms with E-state index in [-0.39, 0.29) is 0 Å². The SMILES string of the molecule is Cc1c(C(O)C(=O)O)ccc(Br)c1I. The fraction of sp³-hybridized carbons (Fsp3) is 0.222. The van der Waals surface area contributed by atoms with Crippen LogP contribution in [0.1, 0.15) is 17.2 Å². The van der Waals surface area contributed by atoms with Gasteiger partial charge in [0, 0.05) is 8.04 Å². The summed E-state index contributed by atoms with van der Waals surface area (Å²) in [7, 11) is 0. The van der Waals surface area contributed by atoms with E-state index >= 15 is 0 Å². The van der Waals surface area contributed by atoms with Crippen LogP contribution in [0.5, 0.6) is 0 Å². The van der Waals surface area contributed by atoms with E-state index in [4.69, 9.17) is 5.11 Å². The maximum absolute atomic E-state index is 10.6. The van der Waals surface area contributed by atoms with Gasteiger partial charge in [0.1, 0.15) is 0 Å². The number of rotatable bonds is 2. The monoisotopic (exact) mass is 370 g/mol. The topological polar surface area (TPSA) is 57.5 Å². The van der Waals surface area contributed by atoms with Gasteiger partial charge in [-0.25, -0.2) is 4.79 Å². The number of carboxylic acids is 1. The molecular formula is C9H8BrIO3. The molecule has 76 valence electrons. The van der Waals surface area contributed by atoms with Crippen LogP contribution in [-0.4, -0.2) is 16.2 Å². The zero-order valence-electron chi connectivity index (χ0n) is 7.29. The van der Waals surface area contributed by atoms with Crippen molar-refractivity contribution in [3.63, 3.8) is 0 Å². The maximum Gasteiger partial charge on any atom is 0.337 e. The lowest BCUT2D eigenvalue weighted by molar-refractivity contribution is -0.147. The van der Waals surface area contributed by atoms with E-state index in [0.717, 1.165) is 13.6 Å². The van der Waals surface area contributed by atoms with E-state index in [9.17, 15) is 9.90 Å². The molecule has 0 spiro atoms. The third-order valence-electron chi connectivity index (χ3n) is 1.91. The Labute approximate surface area is 103 Å². The van der Waals surface area contributed by atoms with E-state index in [1.165, 1.54) is 0 Å². The Bertz CT molecular complexity index is 379. The highest BCUT2D eigenvalue weighted by Gasteiger charge is 2.19. The molecule has 5 heteroatoms. The van der Waals surface area contributed by atoms with Gasteiger partial charge in [-0.2, -0.15) is 0 Å². The van der Waals surface area contributed by atoms with E-state index < -0.39 is 12.1 Å². The molecule has 3 nitrogen and oxygen atoms in total. The highest BCUT2D eigenvalue weighted by Crippen LogP contribution is 2.28. The van der Waals surface area contributed by atoms with Gasteiger partial charge in [0.05, 0.1) is 0 Å². The van der Waals surface area contributed by atoms with Crippen LogP contribution in [0.2, 0.25) is 0 Å². The number of carbonyl (C=O) groups is 1. The molecule has 0 aliphatic heterocycles. The molecule has 1 atom stereocenters. The number of carboxylic acid groups (broad SMARTS) is 1. The molecule has 1 rings (SSSR count). The van der Waals surface area contributed by atoms with Gasteiger partial charge in [-0.05, 0) is 62.6 Å². The van der Waals surface area contributed by atoms with Crippen molar-refractivity contribution in [2.75, 3.05) is 0 Å². The van der Waals surface area contributed by atoms with Gasteiger partial charge in [-0.3, -0.25) is 0 Å². The first-order valence-electron chi connectivity index (χ1n) is 3.80. The Morgan fingerprint density at radius 1 is 1.57 bits per heavy atom. The molecule has 2 N–H and O–H groups in total. The standard InChI is InChI=1S/C9H8BrIO3/c1-4-5(8(12)9(13)14)2-3-6(10)7(4)11/h2-3,8,12H,1H3,(H,13,14). The average Bonchev–Trinajstić information content (AvgIpc) is 2.13. The predicted molar refractivity (Wildman–Crippen MR) is 64.2 cm³/mol. The molecule has 0 saturated carbocycles. The zero-order chi connectivity index (χ0) is 10.9. The molecule has 0 radical (unpaired) electrons. The molecule has 0 heterocycles. The molecule has 14 heavy (non-hydrogen) atoms. The fourth-order valence-corrected chi connectivity index (χ4v) is 2.02. The lowest BCUT2D eigenvalue weighted by Gasteiger charge is -2.11. The molecule has 0 bridgehead atoms. The van der Waals surface area contributed by atoms with Crippen LogP contribution in [0.4, 0.5) is 0 Å². The summed E-state index contributed by atoms with van der Waals surface area (Å²) in [5, 5.41) is 18.0. The van der Waals surface area contributed by atoms with Crippen molar-refractivity contribution < 1.29 is 15.0 Å². The normalized spacial score (nSPS) is 12.6. The number of aliphatic hydroxyl groups excluding tert-OH is 1. The van der Waals surface area contributed by atoms with Crippen LogP contribution in [0.15, 0.2) is 16.6 Å². The molecule has 0 aliphatic rings. The molecule has 0 amide bonds. The Hall–Kier alpha value is -0.140. The van der Waals surface area contributed by atoms with Crippen molar-refractivity contribution in [1.29, 1.82) is 0 Å². The maximum atomic E-state index is 10.6. The first-order chi connectivity index (χ1) is 6.45. The summed E-state index contributed by atoms with van der Waals surface area (Å²) in [5.41, 5.74) is 1.22. The van der Waals surface area contributed by atoms with Crippen LogP contribution >= 0.6 is 38.5 Å². The van der Waals surface area contributed by atoms with Gasteiger partial charge in [-0.1, -0.05) is 6.07 Å². The third-order valence-corrected chi connectivity index (χ3v) is 4.70. The Morgan fingerprint density at radius 2 is 2.14 bits per heavy atom. The number of aliphatic hydroxyl groups is 1. The van der Waals surface area contributed by atoms with Crippen molar-refractivity contribution >= 4 is 44.5 Å². The number of hydrogen-bond donors (Lipinski definition) is 2. The first-order valence-corrected chi connectivity index (χ1v) is 5.67. The second-order valence-corrected chi connectivity index (χ2v) is 4.75. The van der Waals surface area contributed by atoms with Gasteiger partial charge in [0.25, 0.3) is 0 Å². The molecule has 0 aromatic heterocycles. The van der Waals surface area contributed by atoms with Crippen LogP contribution in [-0.2, 0) is 4.79 Å². The molecule has 0 saturated heterocycles. The number of hydrogen-bond acceptors (Lipinski definition) is 2. The van der Waals surface area contributed by atoms with Crippen molar-refractivity contribution in [1.82, 2.24) is 0 Å². The lowest BCUT2D eigenvalue weighted by Crippen LogP contribution is -2.12. The Morgan fingerprint density at radius 3 is 2.64 bits per heavy atom. The lowest BCUT2D eigenvalue weighted by atomic mass is 10.0. The Kier molecular flexibility index (Phi) is 3.91. The van der Waals surface area contributed by atoms with Crippen molar-refractivity contribution in [3.05, 3.63) is 31.3 Å². The summed E-state index contributed by atoms with van der Waals surface area (Å²) in [4.78, 5) is 10.6. The predicted octanol–water partition coefficient (Wildman–Crippen LogP) is 2.48. The van der Waals surface area contributed by atoms with E-state index in [1.54, 1.807) is 19.1 Å². The number of aliphatic carboxylic acids is 1. The number of halogens is 2. The van der Waals surface area contributed by atoms with E-state index in [0.29, 0.717) is 5.56 Å². The largest absolute Gasteiger partial charge is 0.479 e. The summed E-state index contributed by atoms with van der Waals surface area (Å²) in [6, 6.07) is 3.34. The molecular weight excluding hydrogens is 363 g/mol. The van der Waals surface area contributed by atoms with E-state index in [1.807, 2.05) is 0 Å².